The number of nitrogens with one attached hydrogen (secondary N) is 1. The summed E-state index contributed by atoms with van der Waals surface area (Å²) in [6.07, 6.45) is 2.55. The standard InChI is InChI=1S/C20H22N4OS/c1-12-10-18(21-16-11-24-7-4-13(16)5-8-24)22-23-19(12)15-2-3-17-14(20(15)25)6-9-26-17/h2-3,6,9-10,13,16,25H,4-5,7-8,11H2,1H3,(H,21,22)/t16-/m0/s1. The minimum atomic E-state index is 0.291. The minimum absolute atomic E-state index is 0.291. The molecule has 26 heavy (non-hydrogen) atoms. The lowest BCUT2D eigenvalue weighted by molar-refractivity contribution is 0.0973. The molecule has 3 saturated heterocycles. The fraction of sp³-hybridized carbons (Fsp3) is 0.400. The number of thiophene rings is 1. The lowest BCUT2D eigenvalue weighted by Gasteiger charge is -2.45. The van der Waals surface area contributed by atoms with E-state index in [4.69, 9.17) is 0 Å². The summed E-state index contributed by atoms with van der Waals surface area (Å²) in [4.78, 5) is 2.53. The lowest BCUT2D eigenvalue weighted by atomic mass is 9.84. The molecule has 6 rings (SSSR count). The van der Waals surface area contributed by atoms with Crippen molar-refractivity contribution in [3.8, 4) is 17.0 Å². The second-order valence-electron chi connectivity index (χ2n) is 7.44. The molecule has 1 atom stereocenters. The number of rotatable bonds is 3. The van der Waals surface area contributed by atoms with E-state index in [2.05, 4.69) is 26.5 Å². The highest BCUT2D eigenvalue weighted by Gasteiger charge is 2.34. The molecule has 3 aromatic rings. The topological polar surface area (TPSA) is 61.3 Å². The molecular formula is C20H22N4OS. The van der Waals surface area contributed by atoms with E-state index in [9.17, 15) is 5.11 Å². The molecule has 1 aromatic carbocycles. The average molecular weight is 366 g/mol. The first kappa shape index (κ1) is 16.0. The summed E-state index contributed by atoms with van der Waals surface area (Å²) in [5.74, 6) is 1.87. The highest BCUT2D eigenvalue weighted by atomic mass is 32.1. The third-order valence-corrected chi connectivity index (χ3v) is 6.72. The number of piperidine rings is 3. The van der Waals surface area contributed by atoms with Crippen molar-refractivity contribution in [3.05, 3.63) is 35.2 Å². The number of benzene rings is 1. The second kappa shape index (κ2) is 6.21. The van der Waals surface area contributed by atoms with Crippen molar-refractivity contribution in [2.75, 3.05) is 25.0 Å². The number of fused-ring (bicyclic) bond motifs is 4. The van der Waals surface area contributed by atoms with Crippen molar-refractivity contribution in [1.29, 1.82) is 0 Å². The van der Waals surface area contributed by atoms with Gasteiger partial charge in [-0.1, -0.05) is 0 Å². The Morgan fingerprint density at radius 2 is 2.04 bits per heavy atom. The zero-order valence-electron chi connectivity index (χ0n) is 14.8. The van der Waals surface area contributed by atoms with Gasteiger partial charge in [0.05, 0.1) is 5.69 Å². The Morgan fingerprint density at radius 1 is 1.19 bits per heavy atom. The Labute approximate surface area is 156 Å². The SMILES string of the molecule is Cc1cc(N[C@H]2CN3CCC2CC3)nnc1-c1ccc2sccc2c1O. The molecule has 0 aliphatic carbocycles. The first-order valence-corrected chi connectivity index (χ1v) is 10.1. The number of anilines is 1. The van der Waals surface area contributed by atoms with E-state index in [0.717, 1.165) is 45.2 Å². The van der Waals surface area contributed by atoms with Crippen LogP contribution in [0.3, 0.4) is 0 Å². The number of phenols is 1. The minimum Gasteiger partial charge on any atom is -0.507 e. The van der Waals surface area contributed by atoms with Crippen LogP contribution in [0, 0.1) is 12.8 Å². The number of hydrogen-bond acceptors (Lipinski definition) is 6. The molecule has 3 aliphatic heterocycles. The van der Waals surface area contributed by atoms with Crippen LogP contribution < -0.4 is 5.32 Å². The van der Waals surface area contributed by atoms with E-state index < -0.39 is 0 Å². The van der Waals surface area contributed by atoms with Gasteiger partial charge in [-0.2, -0.15) is 0 Å². The third kappa shape index (κ3) is 2.64. The van der Waals surface area contributed by atoms with Crippen LogP contribution in [-0.4, -0.2) is 45.9 Å². The summed E-state index contributed by atoms with van der Waals surface area (Å²) in [5, 5.41) is 26.0. The quantitative estimate of drug-likeness (QED) is 0.737. The molecule has 5 nitrogen and oxygen atoms in total. The summed E-state index contributed by atoms with van der Waals surface area (Å²) >= 11 is 1.63. The van der Waals surface area contributed by atoms with Gasteiger partial charge < -0.3 is 15.3 Å². The van der Waals surface area contributed by atoms with Crippen LogP contribution in [0.1, 0.15) is 18.4 Å². The van der Waals surface area contributed by atoms with Gasteiger partial charge in [-0.25, -0.2) is 0 Å². The first-order valence-electron chi connectivity index (χ1n) is 9.22. The summed E-state index contributed by atoms with van der Waals surface area (Å²) in [6.45, 7) is 5.60. The van der Waals surface area contributed by atoms with Crippen LogP contribution in [0.4, 0.5) is 5.82 Å². The number of phenolic OH excluding ortho intramolecular Hbond substituents is 1. The zero-order chi connectivity index (χ0) is 17.7. The van der Waals surface area contributed by atoms with Gasteiger partial charge in [-0.3, -0.25) is 0 Å². The molecule has 6 heteroatoms. The third-order valence-electron chi connectivity index (χ3n) is 5.84. The van der Waals surface area contributed by atoms with Crippen LogP contribution in [0.2, 0.25) is 0 Å². The fourth-order valence-corrected chi connectivity index (χ4v) is 5.15. The van der Waals surface area contributed by atoms with Gasteiger partial charge in [0.25, 0.3) is 0 Å². The molecule has 3 aliphatic rings. The number of aromatic nitrogens is 2. The molecular weight excluding hydrogens is 344 g/mol. The molecule has 2 N–H and O–H groups in total. The molecule has 0 spiro atoms. The Morgan fingerprint density at radius 3 is 2.77 bits per heavy atom. The summed E-state index contributed by atoms with van der Waals surface area (Å²) in [7, 11) is 0. The molecule has 134 valence electrons. The molecule has 2 bridgehead atoms. The maximum absolute atomic E-state index is 10.6. The van der Waals surface area contributed by atoms with Gasteiger partial charge >= 0.3 is 0 Å². The van der Waals surface area contributed by atoms with Crippen molar-refractivity contribution in [3.63, 3.8) is 0 Å². The van der Waals surface area contributed by atoms with Gasteiger partial charge in [0.1, 0.15) is 11.6 Å². The van der Waals surface area contributed by atoms with Crippen LogP contribution in [0.5, 0.6) is 5.75 Å². The predicted octanol–water partition coefficient (Wildman–Crippen LogP) is 3.88. The van der Waals surface area contributed by atoms with Gasteiger partial charge in [-0.15, -0.1) is 21.5 Å². The summed E-state index contributed by atoms with van der Waals surface area (Å²) in [5.41, 5.74) is 2.51. The van der Waals surface area contributed by atoms with Crippen LogP contribution >= 0.6 is 11.3 Å². The number of nitrogens with zero attached hydrogens (tertiary/aromatic N) is 3. The van der Waals surface area contributed by atoms with Gasteiger partial charge in [0.15, 0.2) is 0 Å². The number of aromatic hydroxyl groups is 1. The molecule has 0 amide bonds. The maximum atomic E-state index is 10.6. The van der Waals surface area contributed by atoms with E-state index in [0.29, 0.717) is 11.8 Å². The molecule has 3 fully saturated rings. The first-order chi connectivity index (χ1) is 12.7. The van der Waals surface area contributed by atoms with Gasteiger partial charge in [0.2, 0.25) is 0 Å². The second-order valence-corrected chi connectivity index (χ2v) is 8.39. The van der Waals surface area contributed by atoms with Crippen molar-refractivity contribution >= 4 is 27.2 Å². The number of hydrogen-bond donors (Lipinski definition) is 2. The molecule has 0 saturated carbocycles. The summed E-state index contributed by atoms with van der Waals surface area (Å²) in [6, 6.07) is 8.44. The largest absolute Gasteiger partial charge is 0.507 e. The Hall–Kier alpha value is -2.18. The molecule has 5 heterocycles. The van der Waals surface area contributed by atoms with Crippen LogP contribution in [0.15, 0.2) is 29.6 Å². The zero-order valence-corrected chi connectivity index (χ0v) is 15.6. The smallest absolute Gasteiger partial charge is 0.149 e. The summed E-state index contributed by atoms with van der Waals surface area (Å²) < 4.78 is 1.08. The van der Waals surface area contributed by atoms with E-state index in [1.165, 1.54) is 25.9 Å². The molecule has 0 radical (unpaired) electrons. The molecule has 2 aromatic heterocycles. The van der Waals surface area contributed by atoms with Gasteiger partial charge in [-0.05, 0) is 74.0 Å². The van der Waals surface area contributed by atoms with E-state index >= 15 is 0 Å². The number of aryl methyl sites for hydroxylation is 1. The van der Waals surface area contributed by atoms with Crippen molar-refractivity contribution in [2.45, 2.75) is 25.8 Å². The molecule has 0 unspecified atom stereocenters. The van der Waals surface area contributed by atoms with Crippen molar-refractivity contribution < 1.29 is 5.11 Å². The van der Waals surface area contributed by atoms with Crippen molar-refractivity contribution in [2.24, 2.45) is 5.92 Å². The Kier molecular flexibility index (Phi) is 3.83. The predicted molar refractivity (Wildman–Crippen MR) is 106 cm³/mol. The lowest BCUT2D eigenvalue weighted by Crippen LogP contribution is -2.53. The Balaban J connectivity index is 1.43. The Bertz CT molecular complexity index is 962. The highest BCUT2D eigenvalue weighted by Crippen LogP contribution is 2.38. The maximum Gasteiger partial charge on any atom is 0.149 e. The van der Waals surface area contributed by atoms with E-state index in [-0.39, 0.29) is 0 Å². The fourth-order valence-electron chi connectivity index (χ4n) is 4.36. The normalized spacial score (nSPS) is 24.9. The highest BCUT2D eigenvalue weighted by molar-refractivity contribution is 7.17. The van der Waals surface area contributed by atoms with Crippen molar-refractivity contribution in [1.82, 2.24) is 15.1 Å². The van der Waals surface area contributed by atoms with E-state index in [1.54, 1.807) is 11.3 Å². The van der Waals surface area contributed by atoms with Crippen LogP contribution in [0.25, 0.3) is 21.3 Å². The average Bonchev–Trinajstić information content (AvgIpc) is 3.14. The van der Waals surface area contributed by atoms with E-state index in [1.807, 2.05) is 30.5 Å². The monoisotopic (exact) mass is 366 g/mol. The van der Waals surface area contributed by atoms with Crippen LogP contribution in [-0.2, 0) is 0 Å². The van der Waals surface area contributed by atoms with Gasteiger partial charge in [0, 0.05) is 28.2 Å².